The van der Waals surface area contributed by atoms with Crippen molar-refractivity contribution in [2.75, 3.05) is 5.32 Å². The number of rotatable bonds is 9. The van der Waals surface area contributed by atoms with Gasteiger partial charge in [0.15, 0.2) is 0 Å². The number of hydrogen-bond donors (Lipinski definition) is 3. The van der Waals surface area contributed by atoms with Crippen molar-refractivity contribution in [3.63, 3.8) is 0 Å². The summed E-state index contributed by atoms with van der Waals surface area (Å²) >= 11 is 0. The van der Waals surface area contributed by atoms with E-state index in [-0.39, 0.29) is 19.4 Å². The van der Waals surface area contributed by atoms with Crippen molar-refractivity contribution in [1.82, 2.24) is 5.32 Å². The van der Waals surface area contributed by atoms with Gasteiger partial charge in [-0.15, -0.1) is 6.42 Å². The van der Waals surface area contributed by atoms with Crippen molar-refractivity contribution < 1.29 is 19.1 Å². The number of nitrogens with one attached hydrogen (secondary N) is 2. The maximum atomic E-state index is 12.2. The highest BCUT2D eigenvalue weighted by atomic mass is 16.5. The molecule has 30 heavy (non-hydrogen) atoms. The van der Waals surface area contributed by atoms with E-state index >= 15 is 0 Å². The molecule has 0 spiro atoms. The first-order valence-corrected chi connectivity index (χ1v) is 9.52. The second kappa shape index (κ2) is 11.4. The van der Waals surface area contributed by atoms with Gasteiger partial charge in [-0.05, 0) is 43.2 Å². The summed E-state index contributed by atoms with van der Waals surface area (Å²) in [5, 5.41) is 5.23. The van der Waals surface area contributed by atoms with Gasteiger partial charge in [0, 0.05) is 17.7 Å². The van der Waals surface area contributed by atoms with E-state index in [4.69, 9.17) is 16.9 Å². The molecule has 7 nitrogen and oxygen atoms in total. The molecule has 0 radical (unpaired) electrons. The van der Waals surface area contributed by atoms with E-state index < -0.39 is 29.9 Å². The summed E-state index contributed by atoms with van der Waals surface area (Å²) in [5.41, 5.74) is 7.97. The summed E-state index contributed by atoms with van der Waals surface area (Å²) in [5.74, 6) is 1.13. The predicted octanol–water partition coefficient (Wildman–Crippen LogP) is 1.96. The highest BCUT2D eigenvalue weighted by Crippen LogP contribution is 2.09. The smallest absolute Gasteiger partial charge is 0.306 e. The topological polar surface area (TPSA) is 111 Å². The monoisotopic (exact) mass is 407 g/mol. The van der Waals surface area contributed by atoms with Crippen LogP contribution in [0, 0.1) is 12.3 Å². The standard InChI is InChI=1S/C23H25N3O4/c1-3-17-9-11-19(12-10-17)26-22(28)16(2)25-23(29)20(24)13-14-21(27)30-15-18-7-5-4-6-8-18/h1,4-12,16,20H,13-15,24H2,2H3,(H,25,29)(H,26,28)/t16-,20-/m0/s1. The van der Waals surface area contributed by atoms with Gasteiger partial charge in [0.2, 0.25) is 11.8 Å². The van der Waals surface area contributed by atoms with E-state index in [1.807, 2.05) is 30.3 Å². The quantitative estimate of drug-likeness (QED) is 0.435. The summed E-state index contributed by atoms with van der Waals surface area (Å²) in [4.78, 5) is 36.3. The van der Waals surface area contributed by atoms with Crippen LogP contribution in [0.4, 0.5) is 5.69 Å². The Kier molecular flexibility index (Phi) is 8.60. The summed E-state index contributed by atoms with van der Waals surface area (Å²) < 4.78 is 5.16. The van der Waals surface area contributed by atoms with Gasteiger partial charge < -0.3 is 21.1 Å². The maximum Gasteiger partial charge on any atom is 0.306 e. The number of amides is 2. The van der Waals surface area contributed by atoms with Gasteiger partial charge in [0.1, 0.15) is 12.6 Å². The van der Waals surface area contributed by atoms with Crippen LogP contribution in [0.2, 0.25) is 0 Å². The Morgan fingerprint density at radius 1 is 1.07 bits per heavy atom. The van der Waals surface area contributed by atoms with Gasteiger partial charge in [-0.1, -0.05) is 36.3 Å². The average Bonchev–Trinajstić information content (AvgIpc) is 2.77. The number of nitrogens with two attached hydrogens (primary N) is 1. The molecule has 2 amide bonds. The van der Waals surface area contributed by atoms with Gasteiger partial charge in [0.25, 0.3) is 0 Å². The molecule has 2 aromatic carbocycles. The third-order valence-corrected chi connectivity index (χ3v) is 4.31. The van der Waals surface area contributed by atoms with E-state index in [2.05, 4.69) is 16.6 Å². The van der Waals surface area contributed by atoms with Crippen molar-refractivity contribution >= 4 is 23.5 Å². The number of terminal acetylenes is 1. The van der Waals surface area contributed by atoms with E-state index in [0.717, 1.165) is 5.56 Å². The molecule has 0 aliphatic heterocycles. The number of benzene rings is 2. The Morgan fingerprint density at radius 2 is 1.73 bits per heavy atom. The largest absolute Gasteiger partial charge is 0.461 e. The molecule has 2 atom stereocenters. The molecule has 0 aliphatic carbocycles. The van der Waals surface area contributed by atoms with Crippen LogP contribution >= 0.6 is 0 Å². The van der Waals surface area contributed by atoms with Crippen molar-refractivity contribution in [2.45, 2.75) is 38.5 Å². The first kappa shape index (κ1) is 22.7. The Labute approximate surface area is 176 Å². The molecule has 0 saturated carbocycles. The number of ether oxygens (including phenoxy) is 1. The molecule has 2 rings (SSSR count). The Hall–Kier alpha value is -3.63. The van der Waals surface area contributed by atoms with Gasteiger partial charge >= 0.3 is 5.97 Å². The van der Waals surface area contributed by atoms with E-state index in [1.165, 1.54) is 0 Å². The molecule has 2 aromatic rings. The minimum Gasteiger partial charge on any atom is -0.461 e. The third-order valence-electron chi connectivity index (χ3n) is 4.31. The Bertz CT molecular complexity index is 904. The maximum absolute atomic E-state index is 12.2. The van der Waals surface area contributed by atoms with E-state index in [0.29, 0.717) is 11.3 Å². The summed E-state index contributed by atoms with van der Waals surface area (Å²) in [7, 11) is 0. The van der Waals surface area contributed by atoms with Crippen LogP contribution in [-0.2, 0) is 25.7 Å². The molecule has 0 aliphatic rings. The fourth-order valence-corrected chi connectivity index (χ4v) is 2.50. The van der Waals surface area contributed by atoms with Crippen LogP contribution in [0.3, 0.4) is 0 Å². The molecule has 0 fully saturated rings. The SMILES string of the molecule is C#Cc1ccc(NC(=O)[C@H](C)NC(=O)[C@@H](N)CCC(=O)OCc2ccccc2)cc1. The van der Waals surface area contributed by atoms with Gasteiger partial charge in [0.05, 0.1) is 6.04 Å². The first-order chi connectivity index (χ1) is 14.4. The highest BCUT2D eigenvalue weighted by Gasteiger charge is 2.21. The van der Waals surface area contributed by atoms with Gasteiger partial charge in [-0.3, -0.25) is 14.4 Å². The number of anilines is 1. The zero-order chi connectivity index (χ0) is 21.9. The number of esters is 1. The average molecular weight is 407 g/mol. The minimum atomic E-state index is -0.931. The lowest BCUT2D eigenvalue weighted by atomic mass is 10.1. The van der Waals surface area contributed by atoms with Crippen LogP contribution in [-0.4, -0.2) is 29.9 Å². The number of carbonyl (C=O) groups is 3. The van der Waals surface area contributed by atoms with Gasteiger partial charge in [-0.25, -0.2) is 0 Å². The van der Waals surface area contributed by atoms with E-state index in [1.54, 1.807) is 31.2 Å². The van der Waals surface area contributed by atoms with E-state index in [9.17, 15) is 14.4 Å². The minimum absolute atomic E-state index is 0.00350. The zero-order valence-corrected chi connectivity index (χ0v) is 16.8. The van der Waals surface area contributed by atoms with Crippen LogP contribution in [0.5, 0.6) is 0 Å². The Balaban J connectivity index is 1.72. The Morgan fingerprint density at radius 3 is 2.37 bits per heavy atom. The molecular formula is C23H25N3O4. The molecule has 0 aromatic heterocycles. The molecule has 7 heteroatoms. The predicted molar refractivity (Wildman–Crippen MR) is 114 cm³/mol. The van der Waals surface area contributed by atoms with Crippen LogP contribution < -0.4 is 16.4 Å². The van der Waals surface area contributed by atoms with Crippen molar-refractivity contribution in [2.24, 2.45) is 5.73 Å². The number of carbonyl (C=O) groups excluding carboxylic acids is 3. The van der Waals surface area contributed by atoms with Gasteiger partial charge in [-0.2, -0.15) is 0 Å². The number of hydrogen-bond acceptors (Lipinski definition) is 5. The van der Waals surface area contributed by atoms with Crippen molar-refractivity contribution in [3.05, 3.63) is 65.7 Å². The summed E-state index contributed by atoms with van der Waals surface area (Å²) in [6, 6.07) is 14.3. The fraction of sp³-hybridized carbons (Fsp3) is 0.261. The third kappa shape index (κ3) is 7.41. The normalized spacial score (nSPS) is 12.2. The molecule has 0 unspecified atom stereocenters. The molecule has 0 bridgehead atoms. The second-order valence-electron chi connectivity index (χ2n) is 6.73. The molecule has 156 valence electrons. The molecular weight excluding hydrogens is 382 g/mol. The van der Waals surface area contributed by atoms with Crippen LogP contribution in [0.1, 0.15) is 30.9 Å². The van der Waals surface area contributed by atoms with Crippen LogP contribution in [0.15, 0.2) is 54.6 Å². The lowest BCUT2D eigenvalue weighted by molar-refractivity contribution is -0.145. The van der Waals surface area contributed by atoms with Crippen LogP contribution in [0.25, 0.3) is 0 Å². The first-order valence-electron chi connectivity index (χ1n) is 9.52. The fourth-order valence-electron chi connectivity index (χ4n) is 2.50. The highest BCUT2D eigenvalue weighted by molar-refractivity contribution is 5.97. The molecule has 0 saturated heterocycles. The second-order valence-corrected chi connectivity index (χ2v) is 6.73. The summed E-state index contributed by atoms with van der Waals surface area (Å²) in [6.45, 7) is 1.71. The lowest BCUT2D eigenvalue weighted by Gasteiger charge is -2.17. The summed E-state index contributed by atoms with van der Waals surface area (Å²) in [6.07, 6.45) is 5.41. The zero-order valence-electron chi connectivity index (χ0n) is 16.8. The molecule has 4 N–H and O–H groups in total. The molecule has 0 heterocycles. The lowest BCUT2D eigenvalue weighted by Crippen LogP contribution is -2.48. The van der Waals surface area contributed by atoms with Crippen molar-refractivity contribution in [3.8, 4) is 12.3 Å². The van der Waals surface area contributed by atoms with Crippen molar-refractivity contribution in [1.29, 1.82) is 0 Å².